The normalized spacial score (nSPS) is 17.4. The molecule has 0 spiro atoms. The molecule has 118 valence electrons. The number of pyridine rings is 1. The largest absolute Gasteiger partial charge is 0.381 e. The van der Waals surface area contributed by atoms with Gasteiger partial charge in [0.2, 0.25) is 0 Å². The molecule has 2 aromatic heterocycles. The lowest BCUT2D eigenvalue weighted by molar-refractivity contribution is 0.0576. The Morgan fingerprint density at radius 2 is 1.87 bits per heavy atom. The van der Waals surface area contributed by atoms with Crippen molar-refractivity contribution in [2.45, 2.75) is 18.9 Å². The number of benzene rings is 1. The highest BCUT2D eigenvalue weighted by atomic mass is 16.5. The molecule has 23 heavy (non-hydrogen) atoms. The lowest BCUT2D eigenvalue weighted by atomic mass is 9.92. The van der Waals surface area contributed by atoms with Crippen LogP contribution in [-0.4, -0.2) is 28.2 Å². The fourth-order valence-electron chi connectivity index (χ4n) is 3.21. The van der Waals surface area contributed by atoms with Crippen molar-refractivity contribution in [3.05, 3.63) is 48.5 Å². The topological polar surface area (TPSA) is 76.8 Å². The van der Waals surface area contributed by atoms with E-state index in [1.54, 1.807) is 12.4 Å². The van der Waals surface area contributed by atoms with Gasteiger partial charge < -0.3 is 15.5 Å². The highest BCUT2D eigenvalue weighted by Crippen LogP contribution is 2.29. The number of rotatable bonds is 3. The van der Waals surface area contributed by atoms with Gasteiger partial charge in [-0.3, -0.25) is 4.98 Å². The van der Waals surface area contributed by atoms with Crippen molar-refractivity contribution in [2.24, 2.45) is 11.7 Å². The zero-order valence-corrected chi connectivity index (χ0v) is 12.9. The van der Waals surface area contributed by atoms with Gasteiger partial charge in [-0.25, -0.2) is 4.98 Å². The summed E-state index contributed by atoms with van der Waals surface area (Å²) in [5.74, 6) is 1.31. The molecule has 5 heteroatoms. The summed E-state index contributed by atoms with van der Waals surface area (Å²) in [4.78, 5) is 12.2. The molecule has 0 aliphatic carbocycles. The first-order valence-electron chi connectivity index (χ1n) is 8.04. The summed E-state index contributed by atoms with van der Waals surface area (Å²) in [5, 5.41) is 0. The summed E-state index contributed by atoms with van der Waals surface area (Å²) in [6, 6.07) is 10.2. The highest BCUT2D eigenvalue weighted by Gasteiger charge is 2.24. The molecule has 3 heterocycles. The fraction of sp³-hybridized carbons (Fsp3) is 0.333. The molecule has 4 rings (SSSR count). The Kier molecular flexibility index (Phi) is 3.81. The Bertz CT molecular complexity index is 793. The van der Waals surface area contributed by atoms with Crippen molar-refractivity contribution in [3.63, 3.8) is 0 Å². The third-order valence-corrected chi connectivity index (χ3v) is 4.60. The van der Waals surface area contributed by atoms with Gasteiger partial charge in [0.15, 0.2) is 0 Å². The van der Waals surface area contributed by atoms with E-state index in [9.17, 15) is 0 Å². The predicted molar refractivity (Wildman–Crippen MR) is 89.8 cm³/mol. The molecular weight excluding hydrogens is 288 g/mol. The second-order valence-corrected chi connectivity index (χ2v) is 6.07. The monoisotopic (exact) mass is 308 g/mol. The van der Waals surface area contributed by atoms with E-state index in [2.05, 4.69) is 27.1 Å². The van der Waals surface area contributed by atoms with Crippen LogP contribution in [0.25, 0.3) is 22.2 Å². The summed E-state index contributed by atoms with van der Waals surface area (Å²) in [6.45, 7) is 1.59. The van der Waals surface area contributed by atoms with Crippen molar-refractivity contribution in [1.29, 1.82) is 0 Å². The smallest absolute Gasteiger partial charge is 0.124 e. The molecule has 0 unspecified atom stereocenters. The Morgan fingerprint density at radius 3 is 2.65 bits per heavy atom. The number of hydrogen-bond acceptors (Lipinski definition) is 4. The molecule has 1 fully saturated rings. The molecule has 0 bridgehead atoms. The minimum Gasteiger partial charge on any atom is -0.381 e. The molecule has 0 radical (unpaired) electrons. The lowest BCUT2D eigenvalue weighted by Gasteiger charge is -2.26. The van der Waals surface area contributed by atoms with Crippen LogP contribution in [0.4, 0.5) is 0 Å². The molecule has 1 aliphatic rings. The molecule has 3 aromatic rings. The van der Waals surface area contributed by atoms with E-state index in [4.69, 9.17) is 10.5 Å². The molecule has 0 amide bonds. The minimum absolute atomic E-state index is 0.0596. The van der Waals surface area contributed by atoms with Crippen molar-refractivity contribution >= 4 is 11.0 Å². The number of aromatic nitrogens is 3. The molecule has 0 saturated carbocycles. The number of fused-ring (bicyclic) bond motifs is 1. The number of nitrogens with zero attached hydrogens (tertiary/aromatic N) is 2. The highest BCUT2D eigenvalue weighted by molar-refractivity contribution is 5.81. The first-order chi connectivity index (χ1) is 11.3. The van der Waals surface area contributed by atoms with Crippen LogP contribution in [-0.2, 0) is 4.74 Å². The number of aromatic amines is 1. The van der Waals surface area contributed by atoms with Gasteiger partial charge in [-0.1, -0.05) is 6.07 Å². The van der Waals surface area contributed by atoms with Crippen molar-refractivity contribution < 1.29 is 4.74 Å². The van der Waals surface area contributed by atoms with Crippen LogP contribution in [0.15, 0.2) is 42.7 Å². The van der Waals surface area contributed by atoms with Crippen LogP contribution in [0.1, 0.15) is 24.7 Å². The number of imidazole rings is 1. The van der Waals surface area contributed by atoms with E-state index in [-0.39, 0.29) is 6.04 Å². The SMILES string of the molecule is N[C@@H](c1nc2ccc(-c3ccncc3)cc2[nH]1)C1CCOCC1. The van der Waals surface area contributed by atoms with E-state index in [0.717, 1.165) is 54.0 Å². The number of hydrogen-bond donors (Lipinski definition) is 2. The number of nitrogens with two attached hydrogens (primary N) is 1. The van der Waals surface area contributed by atoms with Gasteiger partial charge in [0.05, 0.1) is 17.1 Å². The second kappa shape index (κ2) is 6.10. The standard InChI is InChI=1S/C18H20N4O/c19-17(13-5-9-23-10-6-13)18-21-15-2-1-14(11-16(15)22-18)12-3-7-20-8-4-12/h1-4,7-8,11,13,17H,5-6,9-10,19H2,(H,21,22)/t17-/m1/s1. The Morgan fingerprint density at radius 1 is 1.09 bits per heavy atom. The van der Waals surface area contributed by atoms with Crippen LogP contribution < -0.4 is 5.73 Å². The molecular formula is C18H20N4O. The van der Waals surface area contributed by atoms with Crippen molar-refractivity contribution in [2.75, 3.05) is 13.2 Å². The van der Waals surface area contributed by atoms with Gasteiger partial charge in [0.25, 0.3) is 0 Å². The maximum atomic E-state index is 6.43. The van der Waals surface area contributed by atoms with Crippen LogP contribution >= 0.6 is 0 Å². The lowest BCUT2D eigenvalue weighted by Crippen LogP contribution is -2.28. The molecule has 3 N–H and O–H groups in total. The van der Waals surface area contributed by atoms with Crippen molar-refractivity contribution in [3.8, 4) is 11.1 Å². The van der Waals surface area contributed by atoms with Gasteiger partial charge in [0, 0.05) is 25.6 Å². The van der Waals surface area contributed by atoms with Crippen LogP contribution in [0.2, 0.25) is 0 Å². The van der Waals surface area contributed by atoms with Gasteiger partial charge in [-0.05, 0) is 54.2 Å². The van der Waals surface area contributed by atoms with Gasteiger partial charge in [-0.15, -0.1) is 0 Å². The summed E-state index contributed by atoms with van der Waals surface area (Å²) in [7, 11) is 0. The second-order valence-electron chi connectivity index (χ2n) is 6.07. The van der Waals surface area contributed by atoms with Crippen LogP contribution in [0.3, 0.4) is 0 Å². The summed E-state index contributed by atoms with van der Waals surface area (Å²) < 4.78 is 5.42. The summed E-state index contributed by atoms with van der Waals surface area (Å²) in [6.07, 6.45) is 5.61. The Balaban J connectivity index is 1.65. The van der Waals surface area contributed by atoms with Crippen molar-refractivity contribution in [1.82, 2.24) is 15.0 Å². The first kappa shape index (κ1) is 14.4. The summed E-state index contributed by atoms with van der Waals surface area (Å²) >= 11 is 0. The minimum atomic E-state index is -0.0596. The maximum Gasteiger partial charge on any atom is 0.124 e. The molecule has 1 aliphatic heterocycles. The van der Waals surface area contributed by atoms with E-state index < -0.39 is 0 Å². The molecule has 5 nitrogen and oxygen atoms in total. The van der Waals surface area contributed by atoms with Gasteiger partial charge in [0.1, 0.15) is 5.82 Å². The van der Waals surface area contributed by atoms with Crippen LogP contribution in [0.5, 0.6) is 0 Å². The maximum absolute atomic E-state index is 6.43. The van der Waals surface area contributed by atoms with E-state index in [1.807, 2.05) is 18.2 Å². The average Bonchev–Trinajstić information content (AvgIpc) is 3.06. The van der Waals surface area contributed by atoms with Crippen LogP contribution in [0, 0.1) is 5.92 Å². The summed E-state index contributed by atoms with van der Waals surface area (Å²) in [5.41, 5.74) is 10.7. The van der Waals surface area contributed by atoms with Gasteiger partial charge >= 0.3 is 0 Å². The number of H-pyrrole nitrogens is 1. The quantitative estimate of drug-likeness (QED) is 0.779. The van der Waals surface area contributed by atoms with E-state index in [1.165, 1.54) is 0 Å². The Labute approximate surface area is 134 Å². The van der Waals surface area contributed by atoms with Gasteiger partial charge in [-0.2, -0.15) is 0 Å². The van der Waals surface area contributed by atoms with E-state index >= 15 is 0 Å². The fourth-order valence-corrected chi connectivity index (χ4v) is 3.21. The third kappa shape index (κ3) is 2.85. The third-order valence-electron chi connectivity index (χ3n) is 4.60. The van der Waals surface area contributed by atoms with E-state index in [0.29, 0.717) is 5.92 Å². The number of ether oxygens (including phenoxy) is 1. The molecule has 1 aromatic carbocycles. The zero-order chi connectivity index (χ0) is 15.6. The Hall–Kier alpha value is -2.24. The first-order valence-corrected chi connectivity index (χ1v) is 8.04. The zero-order valence-electron chi connectivity index (χ0n) is 12.9. The molecule has 1 atom stereocenters. The number of nitrogens with one attached hydrogen (secondary N) is 1. The predicted octanol–water partition coefficient (Wildman–Crippen LogP) is 3.05. The molecule has 1 saturated heterocycles. The average molecular weight is 308 g/mol.